The number of halogens is 5. The standard InChI is InChI=1S/C11H5Cl5O4S/c12-5-3-6(13)10(7(14)4-5)20-21(17,18)9-2-1-8(19-9)11(15)16/h1-4,11H. The predicted molar refractivity (Wildman–Crippen MR) is 82.4 cm³/mol. The van der Waals surface area contributed by atoms with Crippen molar-refractivity contribution in [1.29, 1.82) is 0 Å². The van der Waals surface area contributed by atoms with Crippen molar-refractivity contribution in [3.8, 4) is 5.75 Å². The van der Waals surface area contributed by atoms with Crippen LogP contribution in [0.25, 0.3) is 0 Å². The SMILES string of the molecule is O=S(=O)(Oc1c(Cl)cc(Cl)cc1Cl)c1ccc(C(Cl)Cl)o1. The summed E-state index contributed by atoms with van der Waals surface area (Å²) < 4.78 is 34.0. The lowest BCUT2D eigenvalue weighted by molar-refractivity contribution is 0.394. The Balaban J connectivity index is 2.37. The molecule has 0 aliphatic carbocycles. The topological polar surface area (TPSA) is 56.5 Å². The maximum Gasteiger partial charge on any atom is 0.373 e. The second-order valence-corrected chi connectivity index (χ2v) is 7.52. The summed E-state index contributed by atoms with van der Waals surface area (Å²) in [6.45, 7) is 0. The van der Waals surface area contributed by atoms with Crippen molar-refractivity contribution in [2.75, 3.05) is 0 Å². The molecule has 21 heavy (non-hydrogen) atoms. The minimum atomic E-state index is -4.28. The predicted octanol–water partition coefficient (Wildman–Crippen LogP) is 5.48. The van der Waals surface area contributed by atoms with E-state index in [1.807, 2.05) is 0 Å². The zero-order chi connectivity index (χ0) is 15.8. The van der Waals surface area contributed by atoms with E-state index >= 15 is 0 Å². The maximum atomic E-state index is 12.1. The van der Waals surface area contributed by atoms with E-state index in [2.05, 4.69) is 0 Å². The molecule has 0 aliphatic rings. The van der Waals surface area contributed by atoms with Crippen LogP contribution in [0.2, 0.25) is 15.1 Å². The summed E-state index contributed by atoms with van der Waals surface area (Å²) in [5, 5.41) is -0.362. The summed E-state index contributed by atoms with van der Waals surface area (Å²) in [6, 6.07) is 5.05. The van der Waals surface area contributed by atoms with Crippen molar-refractivity contribution >= 4 is 68.1 Å². The summed E-state index contributed by atoms with van der Waals surface area (Å²) in [4.78, 5) is -1.00. The van der Waals surface area contributed by atoms with Gasteiger partial charge in [0, 0.05) is 5.02 Å². The molecule has 10 heteroatoms. The van der Waals surface area contributed by atoms with E-state index in [4.69, 9.17) is 66.6 Å². The summed E-state index contributed by atoms with van der Waals surface area (Å²) >= 11 is 28.6. The van der Waals surface area contributed by atoms with Gasteiger partial charge in [-0.3, -0.25) is 0 Å². The van der Waals surface area contributed by atoms with Crippen LogP contribution in [0.4, 0.5) is 0 Å². The van der Waals surface area contributed by atoms with Crippen LogP contribution in [0, 0.1) is 0 Å². The van der Waals surface area contributed by atoms with Crippen molar-refractivity contribution in [3.63, 3.8) is 0 Å². The average Bonchev–Trinajstić information content (AvgIpc) is 2.84. The van der Waals surface area contributed by atoms with Crippen LogP contribution >= 0.6 is 58.0 Å². The zero-order valence-corrected chi connectivity index (χ0v) is 14.4. The van der Waals surface area contributed by atoms with Gasteiger partial charge in [0.2, 0.25) is 0 Å². The Morgan fingerprint density at radius 1 is 1.05 bits per heavy atom. The molecule has 0 amide bonds. The first-order chi connectivity index (χ1) is 9.70. The fourth-order valence-corrected chi connectivity index (χ4v) is 3.48. The lowest BCUT2D eigenvalue weighted by Crippen LogP contribution is -2.09. The van der Waals surface area contributed by atoms with Gasteiger partial charge < -0.3 is 8.60 Å². The molecule has 1 aromatic carbocycles. The van der Waals surface area contributed by atoms with Gasteiger partial charge in [0.25, 0.3) is 5.09 Å². The van der Waals surface area contributed by atoms with Crippen LogP contribution in [-0.2, 0) is 10.1 Å². The maximum absolute atomic E-state index is 12.1. The average molecular weight is 410 g/mol. The molecule has 2 rings (SSSR count). The van der Waals surface area contributed by atoms with E-state index in [0.29, 0.717) is 0 Å². The van der Waals surface area contributed by atoms with E-state index in [0.717, 1.165) is 6.07 Å². The number of alkyl halides is 2. The van der Waals surface area contributed by atoms with Gasteiger partial charge in [-0.25, -0.2) is 0 Å². The third-order valence-electron chi connectivity index (χ3n) is 2.22. The number of furan rings is 1. The largest absolute Gasteiger partial charge is 0.444 e. The Morgan fingerprint density at radius 2 is 1.62 bits per heavy atom. The van der Waals surface area contributed by atoms with Crippen LogP contribution in [0.1, 0.15) is 10.6 Å². The van der Waals surface area contributed by atoms with Gasteiger partial charge in [0.15, 0.2) is 10.6 Å². The van der Waals surface area contributed by atoms with Crippen molar-refractivity contribution in [2.24, 2.45) is 0 Å². The number of benzene rings is 1. The molecule has 1 heterocycles. The van der Waals surface area contributed by atoms with E-state index in [9.17, 15) is 8.42 Å². The van der Waals surface area contributed by atoms with Gasteiger partial charge in [-0.05, 0) is 24.3 Å². The van der Waals surface area contributed by atoms with E-state index < -0.39 is 20.0 Å². The highest BCUT2D eigenvalue weighted by Crippen LogP contribution is 2.38. The van der Waals surface area contributed by atoms with E-state index in [1.165, 1.54) is 18.2 Å². The molecule has 0 unspecified atom stereocenters. The Morgan fingerprint density at radius 3 is 2.10 bits per heavy atom. The van der Waals surface area contributed by atoms with E-state index in [1.54, 1.807) is 0 Å². The fourth-order valence-electron chi connectivity index (χ4n) is 1.35. The fraction of sp³-hybridized carbons (Fsp3) is 0.0909. The molecule has 0 N–H and O–H groups in total. The van der Waals surface area contributed by atoms with Crippen LogP contribution in [0.5, 0.6) is 5.75 Å². The minimum absolute atomic E-state index is 0.0598. The molecular weight excluding hydrogens is 405 g/mol. The first kappa shape index (κ1) is 17.1. The molecule has 2 aromatic rings. The highest BCUT2D eigenvalue weighted by Gasteiger charge is 2.25. The third-order valence-corrected chi connectivity index (χ3v) is 4.53. The van der Waals surface area contributed by atoms with Crippen LogP contribution < -0.4 is 4.18 Å². The van der Waals surface area contributed by atoms with Crippen molar-refractivity contribution in [3.05, 3.63) is 45.1 Å². The Hall–Kier alpha value is -0.300. The molecule has 114 valence electrons. The monoisotopic (exact) mass is 408 g/mol. The molecular formula is C11H5Cl5O4S. The van der Waals surface area contributed by atoms with Crippen molar-refractivity contribution in [1.82, 2.24) is 0 Å². The van der Waals surface area contributed by atoms with Gasteiger partial charge in [0.1, 0.15) is 5.76 Å². The third kappa shape index (κ3) is 3.92. The number of hydrogen-bond donors (Lipinski definition) is 0. The normalized spacial score (nSPS) is 11.9. The van der Waals surface area contributed by atoms with Crippen molar-refractivity contribution in [2.45, 2.75) is 9.93 Å². The van der Waals surface area contributed by atoms with Crippen molar-refractivity contribution < 1.29 is 17.0 Å². The Bertz CT molecular complexity index is 746. The Kier molecular flexibility index (Phi) is 5.23. The molecule has 1 aromatic heterocycles. The van der Waals surface area contributed by atoms with Crippen LogP contribution in [-0.4, -0.2) is 8.42 Å². The van der Waals surface area contributed by atoms with Gasteiger partial charge in [-0.1, -0.05) is 58.0 Å². The summed E-state index contributed by atoms with van der Waals surface area (Å²) in [5.41, 5.74) is 0. The summed E-state index contributed by atoms with van der Waals surface area (Å²) in [5.74, 6) is -0.192. The van der Waals surface area contributed by atoms with Crippen LogP contribution in [0.3, 0.4) is 0 Å². The molecule has 0 spiro atoms. The molecule has 0 bridgehead atoms. The van der Waals surface area contributed by atoms with E-state index in [-0.39, 0.29) is 26.6 Å². The van der Waals surface area contributed by atoms with Gasteiger partial charge >= 0.3 is 10.1 Å². The Labute approximate surface area is 145 Å². The molecule has 0 radical (unpaired) electrons. The number of rotatable bonds is 4. The molecule has 0 atom stereocenters. The highest BCUT2D eigenvalue weighted by atomic mass is 35.5. The lowest BCUT2D eigenvalue weighted by Gasteiger charge is -2.08. The second kappa shape index (κ2) is 6.44. The first-order valence-corrected chi connectivity index (χ1v) is 8.59. The van der Waals surface area contributed by atoms with Gasteiger partial charge in [-0.15, -0.1) is 0 Å². The van der Waals surface area contributed by atoms with Gasteiger partial charge in [-0.2, -0.15) is 8.42 Å². The minimum Gasteiger partial charge on any atom is -0.444 e. The highest BCUT2D eigenvalue weighted by molar-refractivity contribution is 7.87. The molecule has 0 aliphatic heterocycles. The molecule has 0 saturated heterocycles. The second-order valence-electron chi connectivity index (χ2n) is 3.69. The quantitative estimate of drug-likeness (QED) is 0.494. The smallest absolute Gasteiger partial charge is 0.373 e. The van der Waals surface area contributed by atoms with Crippen LogP contribution in [0.15, 0.2) is 33.8 Å². The molecule has 0 fully saturated rings. The summed E-state index contributed by atoms with van der Waals surface area (Å²) in [7, 11) is -4.28. The lowest BCUT2D eigenvalue weighted by atomic mass is 10.3. The summed E-state index contributed by atoms with van der Waals surface area (Å²) in [6.07, 6.45) is 0. The number of hydrogen-bond acceptors (Lipinski definition) is 4. The zero-order valence-electron chi connectivity index (χ0n) is 9.82. The molecule has 4 nitrogen and oxygen atoms in total. The molecule has 0 saturated carbocycles. The van der Waals surface area contributed by atoms with Gasteiger partial charge in [0.05, 0.1) is 10.0 Å². The first-order valence-electron chi connectivity index (χ1n) is 5.17.